The number of hydrogen-bond donors (Lipinski definition) is 1. The van der Waals surface area contributed by atoms with Gasteiger partial charge in [0.2, 0.25) is 5.91 Å². The summed E-state index contributed by atoms with van der Waals surface area (Å²) in [4.78, 5) is 13.1. The zero-order valence-electron chi connectivity index (χ0n) is 14.3. The maximum Gasteiger partial charge on any atom is 0.264 e. The minimum atomic E-state index is -3.71. The Hall–Kier alpha value is -1.99. The molecule has 1 atom stereocenters. The molecule has 0 radical (unpaired) electrons. The molecular weight excluding hydrogens is 356 g/mol. The van der Waals surface area contributed by atoms with E-state index in [4.69, 9.17) is 0 Å². The van der Waals surface area contributed by atoms with Crippen molar-refractivity contribution in [2.45, 2.75) is 23.6 Å². The van der Waals surface area contributed by atoms with Crippen LogP contribution in [0.25, 0.3) is 0 Å². The van der Waals surface area contributed by atoms with E-state index < -0.39 is 10.0 Å². The molecule has 5 nitrogen and oxygen atoms in total. The average Bonchev–Trinajstić information content (AvgIpc) is 2.72. The number of carbonyl (C=O) groups excluding carboxylic acids is 1. The van der Waals surface area contributed by atoms with Crippen molar-refractivity contribution in [2.24, 2.45) is 5.92 Å². The topological polar surface area (TPSA) is 66.5 Å². The van der Waals surface area contributed by atoms with E-state index in [2.05, 4.69) is 5.32 Å². The molecule has 25 heavy (non-hydrogen) atoms. The van der Waals surface area contributed by atoms with Crippen LogP contribution in [-0.2, 0) is 14.8 Å². The Balaban J connectivity index is 1.98. The van der Waals surface area contributed by atoms with Crippen molar-refractivity contribution in [3.63, 3.8) is 0 Å². The third-order valence-electron chi connectivity index (χ3n) is 4.17. The summed E-state index contributed by atoms with van der Waals surface area (Å²) in [6.07, 6.45) is 0. The van der Waals surface area contributed by atoms with Crippen LogP contribution in [0.3, 0.4) is 0 Å². The van der Waals surface area contributed by atoms with Crippen LogP contribution in [-0.4, -0.2) is 27.1 Å². The number of benzene rings is 2. The Kier molecular flexibility index (Phi) is 4.79. The molecule has 0 bridgehead atoms. The van der Waals surface area contributed by atoms with Crippen molar-refractivity contribution in [1.29, 1.82) is 0 Å². The second-order valence-corrected chi connectivity index (χ2v) is 9.20. The van der Waals surface area contributed by atoms with E-state index in [0.717, 1.165) is 10.5 Å². The SMILES string of the molecule is Cc1cccc(N(C)S(=O)(=O)c2ccc3c(c2)NC(=O)C(C)CS3)c1. The normalized spacial score (nSPS) is 17.4. The zero-order chi connectivity index (χ0) is 18.2. The smallest absolute Gasteiger partial charge is 0.264 e. The molecule has 1 unspecified atom stereocenters. The van der Waals surface area contributed by atoms with Crippen molar-refractivity contribution in [1.82, 2.24) is 0 Å². The van der Waals surface area contributed by atoms with Gasteiger partial charge in [-0.25, -0.2) is 8.42 Å². The van der Waals surface area contributed by atoms with E-state index in [1.54, 1.807) is 36.0 Å². The van der Waals surface area contributed by atoms with Crippen molar-refractivity contribution >= 4 is 39.1 Å². The number of hydrogen-bond acceptors (Lipinski definition) is 4. The monoisotopic (exact) mass is 376 g/mol. The van der Waals surface area contributed by atoms with Gasteiger partial charge in [0.05, 0.1) is 16.3 Å². The number of amides is 1. The summed E-state index contributed by atoms with van der Waals surface area (Å²) in [7, 11) is -2.18. The Bertz CT molecular complexity index is 926. The van der Waals surface area contributed by atoms with Gasteiger partial charge in [0.15, 0.2) is 0 Å². The van der Waals surface area contributed by atoms with Gasteiger partial charge < -0.3 is 5.32 Å². The van der Waals surface area contributed by atoms with Gasteiger partial charge in [-0.15, -0.1) is 11.8 Å². The molecule has 3 rings (SSSR count). The molecule has 2 aromatic rings. The molecule has 1 heterocycles. The van der Waals surface area contributed by atoms with E-state index in [1.807, 2.05) is 32.0 Å². The second-order valence-electron chi connectivity index (χ2n) is 6.17. The Morgan fingerprint density at radius 3 is 2.68 bits per heavy atom. The molecule has 132 valence electrons. The molecule has 0 spiro atoms. The van der Waals surface area contributed by atoms with Crippen molar-refractivity contribution in [3.05, 3.63) is 48.0 Å². The highest BCUT2D eigenvalue weighted by atomic mass is 32.2. The fourth-order valence-electron chi connectivity index (χ4n) is 2.56. The number of thioether (sulfide) groups is 1. The molecule has 1 aliphatic heterocycles. The summed E-state index contributed by atoms with van der Waals surface area (Å²) in [5.74, 6) is 0.467. The van der Waals surface area contributed by atoms with Gasteiger partial charge in [-0.1, -0.05) is 19.1 Å². The standard InChI is InChI=1S/C18H20N2O3S2/c1-12-5-4-6-14(9-12)20(3)25(22,23)15-7-8-17-16(10-15)19-18(21)13(2)11-24-17/h4-10,13H,11H2,1-3H3,(H,19,21). The third kappa shape index (κ3) is 3.52. The van der Waals surface area contributed by atoms with Crippen molar-refractivity contribution in [3.8, 4) is 0 Å². The lowest BCUT2D eigenvalue weighted by atomic mass is 10.2. The van der Waals surface area contributed by atoms with Crippen LogP contribution in [0.4, 0.5) is 11.4 Å². The minimum absolute atomic E-state index is 0.0900. The summed E-state index contributed by atoms with van der Waals surface area (Å²) < 4.78 is 27.2. The fraction of sp³-hybridized carbons (Fsp3) is 0.278. The minimum Gasteiger partial charge on any atom is -0.325 e. The molecule has 1 amide bonds. The summed E-state index contributed by atoms with van der Waals surface area (Å²) in [6.45, 7) is 3.78. The van der Waals surface area contributed by atoms with E-state index in [1.165, 1.54) is 11.4 Å². The number of carbonyl (C=O) groups is 1. The van der Waals surface area contributed by atoms with E-state index in [0.29, 0.717) is 17.1 Å². The molecule has 0 saturated carbocycles. The Morgan fingerprint density at radius 1 is 1.20 bits per heavy atom. The van der Waals surface area contributed by atoms with Crippen LogP contribution >= 0.6 is 11.8 Å². The van der Waals surface area contributed by atoms with Gasteiger partial charge in [-0.3, -0.25) is 9.10 Å². The maximum absolute atomic E-state index is 13.0. The molecule has 1 N–H and O–H groups in total. The number of fused-ring (bicyclic) bond motifs is 1. The Labute approximate surface area is 152 Å². The maximum atomic E-state index is 13.0. The summed E-state index contributed by atoms with van der Waals surface area (Å²) in [5.41, 5.74) is 2.14. The molecule has 0 aromatic heterocycles. The summed E-state index contributed by atoms with van der Waals surface area (Å²) in [5, 5.41) is 2.83. The number of anilines is 2. The van der Waals surface area contributed by atoms with Crippen LogP contribution in [0.2, 0.25) is 0 Å². The fourth-order valence-corrected chi connectivity index (χ4v) is 4.78. The lowest BCUT2D eigenvalue weighted by Gasteiger charge is -2.20. The molecule has 1 aliphatic rings. The van der Waals surface area contributed by atoms with Crippen molar-refractivity contribution < 1.29 is 13.2 Å². The number of nitrogens with one attached hydrogen (secondary N) is 1. The van der Waals surface area contributed by atoms with Crippen LogP contribution in [0, 0.1) is 12.8 Å². The van der Waals surface area contributed by atoms with E-state index in [9.17, 15) is 13.2 Å². The number of aryl methyl sites for hydroxylation is 1. The van der Waals surface area contributed by atoms with Crippen molar-refractivity contribution in [2.75, 3.05) is 22.4 Å². The predicted octanol–water partition coefficient (Wildman–Crippen LogP) is 3.50. The summed E-state index contributed by atoms with van der Waals surface area (Å²) >= 11 is 1.56. The second kappa shape index (κ2) is 6.72. The number of rotatable bonds is 3. The predicted molar refractivity (Wildman–Crippen MR) is 102 cm³/mol. The van der Waals surface area contributed by atoms with E-state index in [-0.39, 0.29) is 16.7 Å². The van der Waals surface area contributed by atoms with Crippen LogP contribution in [0.1, 0.15) is 12.5 Å². The van der Waals surface area contributed by atoms with Crippen LogP contribution < -0.4 is 9.62 Å². The van der Waals surface area contributed by atoms with E-state index >= 15 is 0 Å². The van der Waals surface area contributed by atoms with Crippen LogP contribution in [0.15, 0.2) is 52.3 Å². The largest absolute Gasteiger partial charge is 0.325 e. The van der Waals surface area contributed by atoms with Crippen LogP contribution in [0.5, 0.6) is 0 Å². The van der Waals surface area contributed by atoms with Gasteiger partial charge in [0.25, 0.3) is 10.0 Å². The van der Waals surface area contributed by atoms with Gasteiger partial charge in [-0.2, -0.15) is 0 Å². The highest BCUT2D eigenvalue weighted by molar-refractivity contribution is 7.99. The Morgan fingerprint density at radius 2 is 1.96 bits per heavy atom. The first-order valence-electron chi connectivity index (χ1n) is 7.92. The van der Waals surface area contributed by atoms with Gasteiger partial charge >= 0.3 is 0 Å². The quantitative estimate of drug-likeness (QED) is 0.890. The molecule has 0 saturated heterocycles. The first-order chi connectivity index (χ1) is 11.8. The molecule has 0 aliphatic carbocycles. The first-order valence-corrected chi connectivity index (χ1v) is 10.3. The highest BCUT2D eigenvalue weighted by Crippen LogP contribution is 2.35. The molecule has 7 heteroatoms. The lowest BCUT2D eigenvalue weighted by molar-refractivity contribution is -0.118. The summed E-state index contributed by atoms with van der Waals surface area (Å²) in [6, 6.07) is 12.2. The number of sulfonamides is 1. The van der Waals surface area contributed by atoms with Gasteiger partial charge in [0, 0.05) is 23.6 Å². The number of nitrogens with zero attached hydrogens (tertiary/aromatic N) is 1. The van der Waals surface area contributed by atoms with Gasteiger partial charge in [0.1, 0.15) is 0 Å². The first kappa shape index (κ1) is 17.8. The third-order valence-corrected chi connectivity index (χ3v) is 7.28. The molecular formula is C18H20N2O3S2. The molecule has 2 aromatic carbocycles. The molecule has 0 fully saturated rings. The highest BCUT2D eigenvalue weighted by Gasteiger charge is 2.25. The average molecular weight is 377 g/mol. The zero-order valence-corrected chi connectivity index (χ0v) is 15.9. The van der Waals surface area contributed by atoms with Gasteiger partial charge in [-0.05, 0) is 42.8 Å². The lowest BCUT2D eigenvalue weighted by Crippen LogP contribution is -2.26.